The van der Waals surface area contributed by atoms with Crippen LogP contribution in [-0.4, -0.2) is 17.0 Å². The van der Waals surface area contributed by atoms with Crippen molar-refractivity contribution in [2.45, 2.75) is 44.9 Å². The molecule has 0 bridgehead atoms. The number of para-hydroxylation sites is 1. The molecule has 0 heterocycles. The lowest BCUT2D eigenvalue weighted by molar-refractivity contribution is -0.140. The molecule has 0 aromatic heterocycles. The van der Waals surface area contributed by atoms with Crippen LogP contribution in [0.15, 0.2) is 24.3 Å². The SMILES string of the molecule is O=C(O)CC1(CC(=O)Nc2ccccc2F)CCCCC1. The van der Waals surface area contributed by atoms with E-state index in [-0.39, 0.29) is 24.4 Å². The summed E-state index contributed by atoms with van der Waals surface area (Å²) in [5.74, 6) is -1.68. The summed E-state index contributed by atoms with van der Waals surface area (Å²) in [6.07, 6.45) is 4.58. The van der Waals surface area contributed by atoms with Gasteiger partial charge in [-0.05, 0) is 30.4 Å². The molecule has 4 nitrogen and oxygen atoms in total. The van der Waals surface area contributed by atoms with Crippen LogP contribution in [0.25, 0.3) is 0 Å². The highest BCUT2D eigenvalue weighted by atomic mass is 19.1. The zero-order valence-electron chi connectivity index (χ0n) is 11.9. The number of rotatable bonds is 5. The molecule has 0 unspecified atom stereocenters. The van der Waals surface area contributed by atoms with Crippen molar-refractivity contribution < 1.29 is 19.1 Å². The molecule has 0 radical (unpaired) electrons. The Bertz CT molecular complexity index is 524. The lowest BCUT2D eigenvalue weighted by Crippen LogP contribution is -2.32. The number of carboxylic acids is 1. The van der Waals surface area contributed by atoms with Crippen molar-refractivity contribution >= 4 is 17.6 Å². The molecule has 0 spiro atoms. The van der Waals surface area contributed by atoms with Gasteiger partial charge in [-0.2, -0.15) is 0 Å². The van der Waals surface area contributed by atoms with E-state index in [1.807, 2.05) is 0 Å². The van der Waals surface area contributed by atoms with Crippen molar-refractivity contribution in [1.29, 1.82) is 0 Å². The van der Waals surface area contributed by atoms with E-state index < -0.39 is 17.2 Å². The first-order valence-corrected chi connectivity index (χ1v) is 7.27. The Morgan fingerprint density at radius 3 is 2.43 bits per heavy atom. The minimum Gasteiger partial charge on any atom is -0.481 e. The molecule has 1 aliphatic carbocycles. The highest BCUT2D eigenvalue weighted by Gasteiger charge is 2.36. The van der Waals surface area contributed by atoms with Crippen LogP contribution >= 0.6 is 0 Å². The molecule has 1 saturated carbocycles. The normalized spacial score (nSPS) is 17.2. The van der Waals surface area contributed by atoms with Crippen molar-refractivity contribution in [3.8, 4) is 0 Å². The highest BCUT2D eigenvalue weighted by molar-refractivity contribution is 5.91. The minimum atomic E-state index is -0.879. The van der Waals surface area contributed by atoms with Crippen LogP contribution in [0.5, 0.6) is 0 Å². The van der Waals surface area contributed by atoms with Crippen molar-refractivity contribution in [3.63, 3.8) is 0 Å². The van der Waals surface area contributed by atoms with E-state index in [2.05, 4.69) is 5.32 Å². The second kappa shape index (κ2) is 6.70. The lowest BCUT2D eigenvalue weighted by Gasteiger charge is -2.35. The van der Waals surface area contributed by atoms with Crippen molar-refractivity contribution in [2.75, 3.05) is 5.32 Å². The van der Waals surface area contributed by atoms with Crippen LogP contribution in [0.1, 0.15) is 44.9 Å². The first-order valence-electron chi connectivity index (χ1n) is 7.27. The fourth-order valence-corrected chi connectivity index (χ4v) is 3.14. The topological polar surface area (TPSA) is 66.4 Å². The first kappa shape index (κ1) is 15.5. The Morgan fingerprint density at radius 1 is 1.14 bits per heavy atom. The van der Waals surface area contributed by atoms with Gasteiger partial charge in [0.2, 0.25) is 5.91 Å². The van der Waals surface area contributed by atoms with E-state index in [9.17, 15) is 14.0 Å². The van der Waals surface area contributed by atoms with Gasteiger partial charge in [0.05, 0.1) is 12.1 Å². The molecule has 21 heavy (non-hydrogen) atoms. The van der Waals surface area contributed by atoms with Gasteiger partial charge in [0.1, 0.15) is 5.82 Å². The predicted molar refractivity (Wildman–Crippen MR) is 77.4 cm³/mol. The number of carbonyl (C=O) groups excluding carboxylic acids is 1. The van der Waals surface area contributed by atoms with Crippen LogP contribution in [-0.2, 0) is 9.59 Å². The van der Waals surface area contributed by atoms with Crippen molar-refractivity contribution in [1.82, 2.24) is 0 Å². The number of nitrogens with one attached hydrogen (secondary N) is 1. The van der Waals surface area contributed by atoms with Crippen LogP contribution < -0.4 is 5.32 Å². The predicted octanol–water partition coefficient (Wildman–Crippen LogP) is 3.58. The molecule has 114 valence electrons. The van der Waals surface area contributed by atoms with Crippen molar-refractivity contribution in [2.24, 2.45) is 5.41 Å². The molecule has 0 aliphatic heterocycles. The van der Waals surface area contributed by atoms with Gasteiger partial charge in [-0.25, -0.2) is 4.39 Å². The van der Waals surface area contributed by atoms with Gasteiger partial charge < -0.3 is 10.4 Å². The Kier molecular flexibility index (Phi) is 4.94. The molecule has 1 fully saturated rings. The van der Waals surface area contributed by atoms with Crippen LogP contribution in [0.3, 0.4) is 0 Å². The van der Waals surface area contributed by atoms with E-state index in [1.165, 1.54) is 12.1 Å². The number of hydrogen-bond acceptors (Lipinski definition) is 2. The largest absolute Gasteiger partial charge is 0.481 e. The zero-order chi connectivity index (χ0) is 15.3. The summed E-state index contributed by atoms with van der Waals surface area (Å²) in [6, 6.07) is 5.98. The highest BCUT2D eigenvalue weighted by Crippen LogP contribution is 2.42. The summed E-state index contributed by atoms with van der Waals surface area (Å²) < 4.78 is 13.5. The minimum absolute atomic E-state index is 0.00229. The van der Waals surface area contributed by atoms with Gasteiger partial charge in [0.25, 0.3) is 0 Å². The molecule has 1 aliphatic rings. The van der Waals surface area contributed by atoms with Crippen LogP contribution in [0.4, 0.5) is 10.1 Å². The van der Waals surface area contributed by atoms with Gasteiger partial charge >= 0.3 is 5.97 Å². The van der Waals surface area contributed by atoms with Crippen molar-refractivity contribution in [3.05, 3.63) is 30.1 Å². The first-order chi connectivity index (χ1) is 10.0. The summed E-state index contributed by atoms with van der Waals surface area (Å²) in [6.45, 7) is 0. The van der Waals surface area contributed by atoms with E-state index in [0.29, 0.717) is 0 Å². The molecule has 1 aromatic rings. The Hall–Kier alpha value is -1.91. The third-order valence-electron chi connectivity index (χ3n) is 4.12. The third-order valence-corrected chi connectivity index (χ3v) is 4.12. The Balaban J connectivity index is 2.04. The maximum Gasteiger partial charge on any atom is 0.303 e. The summed E-state index contributed by atoms with van der Waals surface area (Å²) >= 11 is 0. The van der Waals surface area contributed by atoms with Crippen LogP contribution in [0.2, 0.25) is 0 Å². The smallest absolute Gasteiger partial charge is 0.303 e. The standard InChI is InChI=1S/C16H20FNO3/c17-12-6-2-3-7-13(12)18-14(19)10-16(11-15(20)21)8-4-1-5-9-16/h2-3,6-7H,1,4-5,8-11H2,(H,18,19)(H,20,21). The van der Waals surface area contributed by atoms with Gasteiger partial charge in [0.15, 0.2) is 0 Å². The number of carboxylic acid groups (broad SMARTS) is 1. The molecule has 1 amide bonds. The fraction of sp³-hybridized carbons (Fsp3) is 0.500. The average molecular weight is 293 g/mol. The average Bonchev–Trinajstić information content (AvgIpc) is 2.41. The molecule has 5 heteroatoms. The molecule has 2 N–H and O–H groups in total. The second-order valence-electron chi connectivity index (χ2n) is 5.84. The third kappa shape index (κ3) is 4.28. The van der Waals surface area contributed by atoms with Gasteiger partial charge in [-0.15, -0.1) is 0 Å². The number of aliphatic carboxylic acids is 1. The molecule has 2 rings (SSSR count). The number of halogens is 1. The second-order valence-corrected chi connectivity index (χ2v) is 5.84. The maximum atomic E-state index is 13.5. The van der Waals surface area contributed by atoms with E-state index in [0.717, 1.165) is 32.1 Å². The zero-order valence-corrected chi connectivity index (χ0v) is 11.9. The number of hydrogen-bond donors (Lipinski definition) is 2. The molecule has 0 saturated heterocycles. The summed E-state index contributed by atoms with van der Waals surface area (Å²) in [7, 11) is 0. The monoisotopic (exact) mass is 293 g/mol. The van der Waals surface area contributed by atoms with E-state index >= 15 is 0 Å². The summed E-state index contributed by atoms with van der Waals surface area (Å²) in [4.78, 5) is 23.2. The van der Waals surface area contributed by atoms with Gasteiger partial charge in [0, 0.05) is 6.42 Å². The molecular formula is C16H20FNO3. The lowest BCUT2D eigenvalue weighted by atomic mass is 9.69. The number of carbonyl (C=O) groups is 2. The molecule has 1 aromatic carbocycles. The Labute approximate surface area is 123 Å². The van der Waals surface area contributed by atoms with Gasteiger partial charge in [-0.1, -0.05) is 31.4 Å². The fourth-order valence-electron chi connectivity index (χ4n) is 3.14. The number of amides is 1. The van der Waals surface area contributed by atoms with E-state index in [4.69, 9.17) is 5.11 Å². The number of anilines is 1. The Morgan fingerprint density at radius 2 is 1.81 bits per heavy atom. The van der Waals surface area contributed by atoms with Gasteiger partial charge in [-0.3, -0.25) is 9.59 Å². The van der Waals surface area contributed by atoms with Crippen LogP contribution in [0, 0.1) is 11.2 Å². The summed E-state index contributed by atoms with van der Waals surface area (Å²) in [5.41, 5.74) is -0.344. The molecule has 0 atom stereocenters. The maximum absolute atomic E-state index is 13.5. The van der Waals surface area contributed by atoms with E-state index in [1.54, 1.807) is 12.1 Å². The quantitative estimate of drug-likeness (QED) is 0.872. The number of benzene rings is 1. The molecular weight excluding hydrogens is 273 g/mol. The summed E-state index contributed by atoms with van der Waals surface area (Å²) in [5, 5.41) is 11.6.